The Bertz CT molecular complexity index is 970. The van der Waals surface area contributed by atoms with Gasteiger partial charge < -0.3 is 15.0 Å². The number of benzene rings is 2. The van der Waals surface area contributed by atoms with Gasteiger partial charge in [0.15, 0.2) is 0 Å². The van der Waals surface area contributed by atoms with Crippen molar-refractivity contribution in [1.82, 2.24) is 0 Å². The third kappa shape index (κ3) is 4.42. The molecule has 1 aliphatic heterocycles. The Balaban J connectivity index is 1.87. The van der Waals surface area contributed by atoms with Gasteiger partial charge in [-0.15, -0.1) is 0 Å². The van der Waals surface area contributed by atoms with Crippen LogP contribution in [0.3, 0.4) is 0 Å². The van der Waals surface area contributed by atoms with Crippen molar-refractivity contribution in [3.05, 3.63) is 53.6 Å². The molecule has 2 amide bonds. The number of nitrogens with zero attached hydrogens (tertiary/aromatic N) is 1. The summed E-state index contributed by atoms with van der Waals surface area (Å²) in [6, 6.07) is 9.07. The molecular formula is C22H23F3N2O3. The Hall–Kier alpha value is -3.03. The average molecular weight is 420 g/mol. The predicted octanol–water partition coefficient (Wildman–Crippen LogP) is 5.12. The number of halogens is 3. The van der Waals surface area contributed by atoms with Crippen molar-refractivity contribution in [2.75, 3.05) is 23.4 Å². The molecule has 2 aromatic rings. The number of ether oxygens (including phenoxy) is 1. The lowest BCUT2D eigenvalue weighted by molar-refractivity contribution is -0.137. The van der Waals surface area contributed by atoms with Gasteiger partial charge in [0, 0.05) is 23.9 Å². The van der Waals surface area contributed by atoms with Crippen LogP contribution in [-0.2, 0) is 11.0 Å². The van der Waals surface area contributed by atoms with Gasteiger partial charge in [0.1, 0.15) is 12.4 Å². The monoisotopic (exact) mass is 420 g/mol. The molecule has 0 radical (unpaired) electrons. The van der Waals surface area contributed by atoms with Crippen LogP contribution >= 0.6 is 0 Å². The van der Waals surface area contributed by atoms with Gasteiger partial charge in [-0.25, -0.2) is 0 Å². The molecule has 5 nitrogen and oxygen atoms in total. The number of alkyl halides is 3. The molecule has 8 heteroatoms. The van der Waals surface area contributed by atoms with E-state index in [4.69, 9.17) is 4.74 Å². The molecule has 0 aliphatic carbocycles. The average Bonchev–Trinajstić information content (AvgIpc) is 2.78. The minimum absolute atomic E-state index is 0.0520. The molecule has 1 aliphatic rings. The van der Waals surface area contributed by atoms with Gasteiger partial charge in [0.25, 0.3) is 5.91 Å². The van der Waals surface area contributed by atoms with Crippen LogP contribution in [0.25, 0.3) is 0 Å². The number of rotatable bonds is 4. The van der Waals surface area contributed by atoms with E-state index >= 15 is 0 Å². The molecule has 30 heavy (non-hydrogen) atoms. The molecule has 0 bridgehead atoms. The number of hydrogen-bond acceptors (Lipinski definition) is 3. The summed E-state index contributed by atoms with van der Waals surface area (Å²) in [5, 5.41) is 2.60. The van der Waals surface area contributed by atoms with E-state index in [1.54, 1.807) is 36.9 Å². The molecule has 1 heterocycles. The topological polar surface area (TPSA) is 58.6 Å². The van der Waals surface area contributed by atoms with Gasteiger partial charge in [-0.05, 0) is 50.6 Å². The van der Waals surface area contributed by atoms with Crippen molar-refractivity contribution in [1.29, 1.82) is 0 Å². The summed E-state index contributed by atoms with van der Waals surface area (Å²) in [4.78, 5) is 27.0. The maximum atomic E-state index is 12.9. The zero-order chi connectivity index (χ0) is 22.1. The number of fused-ring (bicyclic) bond motifs is 1. The summed E-state index contributed by atoms with van der Waals surface area (Å²) in [5.41, 5.74) is -0.749. The molecular weight excluding hydrogens is 397 g/mol. The van der Waals surface area contributed by atoms with Crippen molar-refractivity contribution in [2.24, 2.45) is 5.41 Å². The smallest absolute Gasteiger partial charge is 0.416 e. The lowest BCUT2D eigenvalue weighted by Crippen LogP contribution is -2.42. The van der Waals surface area contributed by atoms with Crippen molar-refractivity contribution in [3.63, 3.8) is 0 Å². The van der Waals surface area contributed by atoms with Crippen LogP contribution < -0.4 is 15.0 Å². The molecule has 0 atom stereocenters. The van der Waals surface area contributed by atoms with Gasteiger partial charge in [-0.3, -0.25) is 9.59 Å². The molecule has 0 fully saturated rings. The van der Waals surface area contributed by atoms with Gasteiger partial charge >= 0.3 is 6.18 Å². The third-order valence-electron chi connectivity index (χ3n) is 4.82. The van der Waals surface area contributed by atoms with E-state index in [0.717, 1.165) is 18.6 Å². The lowest BCUT2D eigenvalue weighted by atomic mass is 9.93. The summed E-state index contributed by atoms with van der Waals surface area (Å²) in [6.45, 7) is 6.27. The maximum absolute atomic E-state index is 12.9. The molecule has 1 N–H and O–H groups in total. The van der Waals surface area contributed by atoms with Crippen molar-refractivity contribution >= 4 is 23.2 Å². The first-order valence-electron chi connectivity index (χ1n) is 9.60. The van der Waals surface area contributed by atoms with Crippen LogP contribution in [0, 0.1) is 5.41 Å². The van der Waals surface area contributed by atoms with E-state index < -0.39 is 23.1 Å². The Morgan fingerprint density at radius 1 is 1.20 bits per heavy atom. The zero-order valence-electron chi connectivity index (χ0n) is 17.0. The van der Waals surface area contributed by atoms with E-state index in [2.05, 4.69) is 5.32 Å². The van der Waals surface area contributed by atoms with Gasteiger partial charge in [0.2, 0.25) is 5.91 Å². The second kappa shape index (κ2) is 8.01. The Labute approximate surface area is 172 Å². The zero-order valence-corrected chi connectivity index (χ0v) is 17.0. The van der Waals surface area contributed by atoms with E-state index in [-0.39, 0.29) is 18.1 Å². The summed E-state index contributed by atoms with van der Waals surface area (Å²) in [7, 11) is 0. The normalized spacial score (nSPS) is 15.8. The molecule has 0 aromatic heterocycles. The first kappa shape index (κ1) is 21.7. The Morgan fingerprint density at radius 3 is 2.60 bits per heavy atom. The van der Waals surface area contributed by atoms with Gasteiger partial charge in [-0.2, -0.15) is 13.2 Å². The van der Waals surface area contributed by atoms with Gasteiger partial charge in [0.05, 0.1) is 16.7 Å². The summed E-state index contributed by atoms with van der Waals surface area (Å²) in [5.74, 6) is -0.287. The first-order chi connectivity index (χ1) is 14.0. The van der Waals surface area contributed by atoms with Crippen LogP contribution in [0.2, 0.25) is 0 Å². The molecule has 160 valence electrons. The fourth-order valence-corrected chi connectivity index (χ4v) is 3.21. The minimum atomic E-state index is -4.53. The fraction of sp³-hybridized carbons (Fsp3) is 0.364. The molecule has 0 saturated carbocycles. The van der Waals surface area contributed by atoms with E-state index in [1.165, 1.54) is 12.1 Å². The minimum Gasteiger partial charge on any atom is -0.490 e. The fourth-order valence-electron chi connectivity index (χ4n) is 3.21. The van der Waals surface area contributed by atoms with Crippen LogP contribution in [0.4, 0.5) is 24.5 Å². The summed E-state index contributed by atoms with van der Waals surface area (Å²) < 4.78 is 44.5. The van der Waals surface area contributed by atoms with Crippen LogP contribution in [0.5, 0.6) is 5.75 Å². The number of hydrogen-bond donors (Lipinski definition) is 1. The predicted molar refractivity (Wildman–Crippen MR) is 108 cm³/mol. The van der Waals surface area contributed by atoms with Gasteiger partial charge in [-0.1, -0.05) is 13.0 Å². The molecule has 2 aromatic carbocycles. The SMILES string of the molecule is CCCN1C(=O)C(C)(C)COc2cc(NC(=O)c3cccc(C(F)(F)F)c3)ccc21. The largest absolute Gasteiger partial charge is 0.490 e. The second-order valence-electron chi connectivity index (χ2n) is 7.84. The lowest BCUT2D eigenvalue weighted by Gasteiger charge is -2.27. The highest BCUT2D eigenvalue weighted by Gasteiger charge is 2.37. The maximum Gasteiger partial charge on any atom is 0.416 e. The summed E-state index contributed by atoms with van der Waals surface area (Å²) >= 11 is 0. The number of carbonyl (C=O) groups is 2. The van der Waals surface area contributed by atoms with Crippen molar-refractivity contribution in [3.8, 4) is 5.75 Å². The Kier molecular flexibility index (Phi) is 5.78. The molecule has 0 saturated heterocycles. The first-order valence-corrected chi connectivity index (χ1v) is 9.60. The summed E-state index contributed by atoms with van der Waals surface area (Å²) in [6.07, 6.45) is -3.77. The number of amides is 2. The molecule has 3 rings (SSSR count). The third-order valence-corrected chi connectivity index (χ3v) is 4.82. The second-order valence-corrected chi connectivity index (χ2v) is 7.84. The highest BCUT2D eigenvalue weighted by atomic mass is 19.4. The van der Waals surface area contributed by atoms with Crippen LogP contribution in [-0.4, -0.2) is 25.0 Å². The highest BCUT2D eigenvalue weighted by molar-refractivity contribution is 6.05. The molecule has 0 spiro atoms. The Morgan fingerprint density at radius 2 is 1.93 bits per heavy atom. The number of carbonyl (C=O) groups excluding carboxylic acids is 2. The van der Waals surface area contributed by atoms with Crippen LogP contribution in [0.1, 0.15) is 43.1 Å². The standard InChI is InChI=1S/C22H23F3N2O3/c1-4-10-27-17-9-8-16(12-18(17)30-13-21(2,3)20(27)29)26-19(28)14-6-5-7-15(11-14)22(23,24)25/h5-9,11-12H,4,10,13H2,1-3H3,(H,26,28). The van der Waals surface area contributed by atoms with E-state index in [0.29, 0.717) is 23.7 Å². The molecule has 0 unspecified atom stereocenters. The van der Waals surface area contributed by atoms with E-state index in [9.17, 15) is 22.8 Å². The highest BCUT2D eigenvalue weighted by Crippen LogP contribution is 2.38. The van der Waals surface area contributed by atoms with Crippen molar-refractivity contribution < 1.29 is 27.5 Å². The van der Waals surface area contributed by atoms with E-state index in [1.807, 2.05) is 6.92 Å². The number of anilines is 2. The van der Waals surface area contributed by atoms with Crippen molar-refractivity contribution in [2.45, 2.75) is 33.4 Å². The van der Waals surface area contributed by atoms with Crippen LogP contribution in [0.15, 0.2) is 42.5 Å². The quantitative estimate of drug-likeness (QED) is 0.747. The number of nitrogens with one attached hydrogen (secondary N) is 1.